The number of rotatable bonds is 4. The molecule has 0 radical (unpaired) electrons. The van der Waals surface area contributed by atoms with Crippen molar-refractivity contribution in [1.82, 2.24) is 9.62 Å². The standard InChI is InChI=1S/C12H17FN2O2S/c1-15(9-10-3-2-4-11(13)7-10)18(16,17)12-5-6-14-8-12/h2-4,7,12,14H,5-6,8-9H2,1H3. The summed E-state index contributed by atoms with van der Waals surface area (Å²) in [7, 11) is -1.76. The summed E-state index contributed by atoms with van der Waals surface area (Å²) in [5, 5.41) is 2.68. The fourth-order valence-corrected chi connectivity index (χ4v) is 3.70. The summed E-state index contributed by atoms with van der Waals surface area (Å²) in [6.45, 7) is 1.43. The van der Waals surface area contributed by atoms with Crippen LogP contribution in [0.15, 0.2) is 24.3 Å². The Labute approximate surface area is 107 Å². The number of benzene rings is 1. The van der Waals surface area contributed by atoms with Gasteiger partial charge in [0.05, 0.1) is 5.25 Å². The molecule has 0 aromatic heterocycles. The van der Waals surface area contributed by atoms with Crippen LogP contribution in [0.25, 0.3) is 0 Å². The number of halogens is 1. The lowest BCUT2D eigenvalue weighted by atomic mass is 10.2. The third-order valence-electron chi connectivity index (χ3n) is 3.17. The molecule has 6 heteroatoms. The second-order valence-corrected chi connectivity index (χ2v) is 6.87. The molecule has 4 nitrogen and oxygen atoms in total. The van der Waals surface area contributed by atoms with Crippen molar-refractivity contribution in [2.24, 2.45) is 0 Å². The first kappa shape index (κ1) is 13.5. The van der Waals surface area contributed by atoms with Crippen LogP contribution in [0, 0.1) is 5.82 Å². The van der Waals surface area contributed by atoms with Crippen molar-refractivity contribution in [2.45, 2.75) is 18.2 Å². The van der Waals surface area contributed by atoms with E-state index in [1.165, 1.54) is 16.4 Å². The van der Waals surface area contributed by atoms with E-state index in [1.54, 1.807) is 19.2 Å². The first-order valence-corrected chi connectivity index (χ1v) is 7.41. The third-order valence-corrected chi connectivity index (χ3v) is 5.41. The maximum atomic E-state index is 13.0. The fourth-order valence-electron chi connectivity index (χ4n) is 2.12. The molecule has 0 saturated carbocycles. The van der Waals surface area contributed by atoms with Crippen LogP contribution in [-0.4, -0.2) is 38.1 Å². The van der Waals surface area contributed by atoms with Crippen LogP contribution in [-0.2, 0) is 16.6 Å². The topological polar surface area (TPSA) is 49.4 Å². The highest BCUT2D eigenvalue weighted by Gasteiger charge is 2.31. The summed E-state index contributed by atoms with van der Waals surface area (Å²) in [4.78, 5) is 0. The highest BCUT2D eigenvalue weighted by atomic mass is 32.2. The van der Waals surface area contributed by atoms with Crippen LogP contribution in [0.3, 0.4) is 0 Å². The molecule has 1 aliphatic rings. The summed E-state index contributed by atoms with van der Waals surface area (Å²) in [5.74, 6) is -0.346. The van der Waals surface area contributed by atoms with Crippen molar-refractivity contribution >= 4 is 10.0 Å². The predicted molar refractivity (Wildman–Crippen MR) is 68.1 cm³/mol. The molecule has 2 rings (SSSR count). The molecule has 1 saturated heterocycles. The lowest BCUT2D eigenvalue weighted by Gasteiger charge is -2.21. The van der Waals surface area contributed by atoms with Gasteiger partial charge in [-0.15, -0.1) is 0 Å². The van der Waals surface area contributed by atoms with Gasteiger partial charge in [0.15, 0.2) is 0 Å². The Morgan fingerprint density at radius 1 is 1.50 bits per heavy atom. The van der Waals surface area contributed by atoms with E-state index in [4.69, 9.17) is 0 Å². The van der Waals surface area contributed by atoms with E-state index in [1.807, 2.05) is 0 Å². The van der Waals surface area contributed by atoms with Crippen molar-refractivity contribution in [1.29, 1.82) is 0 Å². The van der Waals surface area contributed by atoms with E-state index in [-0.39, 0.29) is 17.6 Å². The normalized spacial score (nSPS) is 20.5. The Hall–Kier alpha value is -0.980. The third kappa shape index (κ3) is 2.88. The van der Waals surface area contributed by atoms with Gasteiger partial charge in [0.1, 0.15) is 5.82 Å². The molecule has 1 aliphatic heterocycles. The lowest BCUT2D eigenvalue weighted by molar-refractivity contribution is 0.455. The molecule has 1 fully saturated rings. The van der Waals surface area contributed by atoms with Crippen molar-refractivity contribution in [3.8, 4) is 0 Å². The number of hydrogen-bond acceptors (Lipinski definition) is 3. The molecule has 0 aliphatic carbocycles. The highest BCUT2D eigenvalue weighted by Crippen LogP contribution is 2.16. The van der Waals surface area contributed by atoms with Crippen molar-refractivity contribution in [2.75, 3.05) is 20.1 Å². The van der Waals surface area contributed by atoms with Gasteiger partial charge in [-0.25, -0.2) is 17.1 Å². The Kier molecular flexibility index (Phi) is 3.99. The van der Waals surface area contributed by atoms with Gasteiger partial charge < -0.3 is 5.32 Å². The zero-order chi connectivity index (χ0) is 13.2. The molecule has 1 aromatic carbocycles. The van der Waals surface area contributed by atoms with Gasteiger partial charge >= 0.3 is 0 Å². The van der Waals surface area contributed by atoms with Gasteiger partial charge in [-0.3, -0.25) is 0 Å². The fraction of sp³-hybridized carbons (Fsp3) is 0.500. The maximum Gasteiger partial charge on any atom is 0.218 e. The Balaban J connectivity index is 2.09. The van der Waals surface area contributed by atoms with Crippen LogP contribution in [0.1, 0.15) is 12.0 Å². The van der Waals surface area contributed by atoms with Crippen molar-refractivity contribution in [3.63, 3.8) is 0 Å². The van der Waals surface area contributed by atoms with Crippen LogP contribution in [0.4, 0.5) is 4.39 Å². The molecule has 1 N–H and O–H groups in total. The van der Waals surface area contributed by atoms with E-state index in [9.17, 15) is 12.8 Å². The van der Waals surface area contributed by atoms with Gasteiger partial charge in [0, 0.05) is 20.1 Å². The largest absolute Gasteiger partial charge is 0.315 e. The molecule has 0 amide bonds. The Morgan fingerprint density at radius 2 is 2.28 bits per heavy atom. The zero-order valence-corrected chi connectivity index (χ0v) is 11.1. The molecule has 1 atom stereocenters. The van der Waals surface area contributed by atoms with Crippen molar-refractivity contribution in [3.05, 3.63) is 35.6 Å². The van der Waals surface area contributed by atoms with E-state index < -0.39 is 10.0 Å². The summed E-state index contributed by atoms with van der Waals surface area (Å²) in [6, 6.07) is 6.02. The maximum absolute atomic E-state index is 13.0. The van der Waals surface area contributed by atoms with Gasteiger partial charge in [0.25, 0.3) is 0 Å². The minimum Gasteiger partial charge on any atom is -0.315 e. The zero-order valence-electron chi connectivity index (χ0n) is 10.3. The summed E-state index contributed by atoms with van der Waals surface area (Å²) in [5.41, 5.74) is 0.659. The monoisotopic (exact) mass is 272 g/mol. The molecular weight excluding hydrogens is 255 g/mol. The SMILES string of the molecule is CN(Cc1cccc(F)c1)S(=O)(=O)C1CCNC1. The first-order chi connectivity index (χ1) is 8.50. The number of hydrogen-bond donors (Lipinski definition) is 1. The van der Waals surface area contributed by atoms with E-state index in [2.05, 4.69) is 5.32 Å². The van der Waals surface area contributed by atoms with Crippen molar-refractivity contribution < 1.29 is 12.8 Å². The van der Waals surface area contributed by atoms with E-state index in [0.29, 0.717) is 18.5 Å². The van der Waals surface area contributed by atoms with Crippen LogP contribution in [0.5, 0.6) is 0 Å². The summed E-state index contributed by atoms with van der Waals surface area (Å²) in [6.07, 6.45) is 0.635. The van der Waals surface area contributed by atoms with Gasteiger partial charge in [-0.1, -0.05) is 12.1 Å². The molecule has 1 heterocycles. The van der Waals surface area contributed by atoms with Gasteiger partial charge in [0.2, 0.25) is 10.0 Å². The molecule has 0 bridgehead atoms. The van der Waals surface area contributed by atoms with Crippen LogP contribution in [0.2, 0.25) is 0 Å². The van der Waals surface area contributed by atoms with Gasteiger partial charge in [-0.05, 0) is 30.7 Å². The Morgan fingerprint density at radius 3 is 2.89 bits per heavy atom. The molecule has 1 unspecified atom stereocenters. The molecule has 0 spiro atoms. The average Bonchev–Trinajstić information content (AvgIpc) is 2.82. The second-order valence-electron chi connectivity index (χ2n) is 4.55. The Bertz CT molecular complexity index is 513. The smallest absolute Gasteiger partial charge is 0.218 e. The second kappa shape index (κ2) is 5.34. The minimum absolute atomic E-state index is 0.205. The van der Waals surface area contributed by atoms with Gasteiger partial charge in [-0.2, -0.15) is 0 Å². The predicted octanol–water partition coefficient (Wildman–Crippen LogP) is 0.949. The van der Waals surface area contributed by atoms with E-state index in [0.717, 1.165) is 6.54 Å². The molecule has 100 valence electrons. The number of sulfonamides is 1. The average molecular weight is 272 g/mol. The van der Waals surface area contributed by atoms with E-state index >= 15 is 0 Å². The molecular formula is C12H17FN2O2S. The highest BCUT2D eigenvalue weighted by molar-refractivity contribution is 7.89. The molecule has 1 aromatic rings. The van der Waals surface area contributed by atoms with Crippen LogP contribution < -0.4 is 5.32 Å². The van der Waals surface area contributed by atoms with Crippen LogP contribution >= 0.6 is 0 Å². The number of nitrogens with zero attached hydrogens (tertiary/aromatic N) is 1. The first-order valence-electron chi connectivity index (χ1n) is 5.90. The number of nitrogens with one attached hydrogen (secondary N) is 1. The summed E-state index contributed by atoms with van der Waals surface area (Å²) >= 11 is 0. The molecule has 18 heavy (non-hydrogen) atoms. The minimum atomic E-state index is -3.30. The summed E-state index contributed by atoms with van der Waals surface area (Å²) < 4.78 is 38.8. The quantitative estimate of drug-likeness (QED) is 0.888. The lowest BCUT2D eigenvalue weighted by Crippen LogP contribution is -2.36.